The molecule has 2 aromatic rings. The van der Waals surface area contributed by atoms with Gasteiger partial charge in [-0.05, 0) is 96.3 Å². The maximum atomic E-state index is 6.84. The lowest BCUT2D eigenvalue weighted by atomic mass is 9.72. The fourth-order valence-corrected chi connectivity index (χ4v) is 7.27. The molecule has 4 aliphatic rings. The Bertz CT molecular complexity index is 1480. The minimum atomic E-state index is -0.580. The Hall–Kier alpha value is -3.00. The van der Waals surface area contributed by atoms with E-state index in [4.69, 9.17) is 23.7 Å². The Morgan fingerprint density at radius 2 is 1.83 bits per heavy atom. The van der Waals surface area contributed by atoms with E-state index in [1.165, 1.54) is 22.3 Å². The number of nitrogens with one attached hydrogen (secondary N) is 1. The summed E-state index contributed by atoms with van der Waals surface area (Å²) < 4.78 is 32.8. The van der Waals surface area contributed by atoms with E-state index >= 15 is 0 Å². The summed E-state index contributed by atoms with van der Waals surface area (Å²) in [5.74, 6) is 2.42. The first-order chi connectivity index (χ1) is 22.6. The number of ether oxygens (including phenoxy) is 5. The Morgan fingerprint density at radius 1 is 1.09 bits per heavy atom. The second kappa shape index (κ2) is 14.2. The van der Waals surface area contributed by atoms with Crippen LogP contribution in [0.4, 0.5) is 0 Å². The fraction of sp³-hybridized carbons (Fsp3) is 0.600. The number of benzene rings is 1. The van der Waals surface area contributed by atoms with Crippen molar-refractivity contribution in [2.75, 3.05) is 33.9 Å². The zero-order valence-corrected chi connectivity index (χ0v) is 29.6. The molecule has 3 aliphatic carbocycles. The molecule has 0 spiro atoms. The highest BCUT2D eigenvalue weighted by Crippen LogP contribution is 2.53. The molecule has 0 bridgehead atoms. The molecule has 2 fully saturated rings. The zero-order chi connectivity index (χ0) is 33.2. The molecule has 0 radical (unpaired) electrons. The second-order valence-corrected chi connectivity index (χ2v) is 14.5. The van der Waals surface area contributed by atoms with E-state index in [2.05, 4.69) is 82.7 Å². The van der Waals surface area contributed by atoms with Crippen molar-refractivity contribution >= 4 is 5.76 Å². The summed E-state index contributed by atoms with van der Waals surface area (Å²) >= 11 is 0. The topological polar surface area (TPSA) is 65.2 Å². The summed E-state index contributed by atoms with van der Waals surface area (Å²) in [5.41, 5.74) is 7.41. The number of hydrogen-bond acceptors (Lipinski definition) is 6. The number of allylic oxidation sites excluding steroid dienone is 4. The number of rotatable bonds is 17. The van der Waals surface area contributed by atoms with E-state index in [1.807, 2.05) is 6.08 Å². The van der Waals surface area contributed by atoms with Crippen molar-refractivity contribution in [1.29, 1.82) is 0 Å². The highest BCUT2D eigenvalue weighted by atomic mass is 16.7. The predicted molar refractivity (Wildman–Crippen MR) is 188 cm³/mol. The van der Waals surface area contributed by atoms with E-state index in [0.29, 0.717) is 25.0 Å². The van der Waals surface area contributed by atoms with E-state index in [-0.39, 0.29) is 6.10 Å². The average Bonchev–Trinajstić information content (AvgIpc) is 3.94. The summed E-state index contributed by atoms with van der Waals surface area (Å²) in [6, 6.07) is 4.51. The Morgan fingerprint density at radius 3 is 2.51 bits per heavy atom. The van der Waals surface area contributed by atoms with Crippen molar-refractivity contribution in [3.05, 3.63) is 76.7 Å². The highest BCUT2D eigenvalue weighted by molar-refractivity contribution is 5.67. The molecule has 0 amide bonds. The number of fused-ring (bicyclic) bond motifs is 3. The van der Waals surface area contributed by atoms with Crippen LogP contribution in [-0.2, 0) is 27.1 Å². The largest absolute Gasteiger partial charge is 0.490 e. The first-order valence-electron chi connectivity index (χ1n) is 18.0. The molecule has 3 atom stereocenters. The van der Waals surface area contributed by atoms with Gasteiger partial charge >= 0.3 is 0 Å². The third-order valence-corrected chi connectivity index (χ3v) is 10.2. The van der Waals surface area contributed by atoms with Crippen LogP contribution in [0, 0.1) is 12.8 Å². The quantitative estimate of drug-likeness (QED) is 0.0612. The second-order valence-electron chi connectivity index (χ2n) is 14.5. The molecule has 1 aromatic carbocycles. The van der Waals surface area contributed by atoms with Gasteiger partial charge in [0.25, 0.3) is 0 Å². The smallest absolute Gasteiger partial charge is 0.211 e. The lowest BCUT2D eigenvalue weighted by Crippen LogP contribution is -2.36. The van der Waals surface area contributed by atoms with Crippen LogP contribution < -0.4 is 9.47 Å². The van der Waals surface area contributed by atoms with Crippen LogP contribution in [-0.4, -0.2) is 61.4 Å². The minimum Gasteiger partial charge on any atom is -0.490 e. The standard InChI is InChI=1S/C40H56N2O5/c1-8-11-30-24-35-38(33-23-27(3)13-14-32(33)29(5)45-35)36(25-30)47-40(18-19-40)44-22-10-21-43-39(16-17-39)46-34(12-9-2)37-28(4)41-26-31(37)15-20-42(6)7/h9,12,23-26,29,32-33,41H,2,8,10-11,13-22H2,1,3-7H3/b34-12+. The minimum absolute atomic E-state index is 0.201. The normalized spacial score (nSPS) is 23.8. The molecule has 256 valence electrons. The molecule has 0 saturated heterocycles. The first kappa shape index (κ1) is 33.9. The molecule has 1 N–H and O–H groups in total. The van der Waals surface area contributed by atoms with Gasteiger partial charge in [0.1, 0.15) is 17.3 Å². The van der Waals surface area contributed by atoms with Crippen molar-refractivity contribution < 1.29 is 23.7 Å². The van der Waals surface area contributed by atoms with Crippen LogP contribution in [0.3, 0.4) is 0 Å². The summed E-state index contributed by atoms with van der Waals surface area (Å²) in [4.78, 5) is 5.59. The number of nitrogens with zero attached hydrogens (tertiary/aromatic N) is 1. The van der Waals surface area contributed by atoms with Gasteiger partial charge in [0.2, 0.25) is 11.6 Å². The molecule has 3 unspecified atom stereocenters. The molecule has 7 nitrogen and oxygen atoms in total. The highest BCUT2D eigenvalue weighted by Gasteiger charge is 2.50. The van der Waals surface area contributed by atoms with Crippen molar-refractivity contribution in [3.63, 3.8) is 0 Å². The molecular weight excluding hydrogens is 588 g/mol. The number of likely N-dealkylation sites (N-methyl/N-ethyl adjacent to an activating group) is 1. The zero-order valence-electron chi connectivity index (χ0n) is 29.6. The number of aryl methyl sites for hydroxylation is 2. The summed E-state index contributed by atoms with van der Waals surface area (Å²) in [7, 11) is 4.20. The predicted octanol–water partition coefficient (Wildman–Crippen LogP) is 8.63. The Kier molecular flexibility index (Phi) is 10.3. The lowest BCUT2D eigenvalue weighted by molar-refractivity contribution is -0.138. The van der Waals surface area contributed by atoms with Crippen LogP contribution in [0.5, 0.6) is 11.5 Å². The van der Waals surface area contributed by atoms with Crippen LogP contribution in [0.2, 0.25) is 0 Å². The van der Waals surface area contributed by atoms with Gasteiger partial charge in [-0.2, -0.15) is 0 Å². The summed E-state index contributed by atoms with van der Waals surface area (Å²) in [6.07, 6.45) is 18.2. The molecular formula is C40H56N2O5. The van der Waals surface area contributed by atoms with Gasteiger partial charge in [-0.3, -0.25) is 0 Å². The molecule has 2 heterocycles. The Balaban J connectivity index is 1.07. The molecule has 1 aliphatic heterocycles. The van der Waals surface area contributed by atoms with Gasteiger partial charge in [0.05, 0.1) is 19.3 Å². The number of hydrogen-bond donors (Lipinski definition) is 1. The Labute approximate surface area is 282 Å². The number of aromatic amines is 1. The summed E-state index contributed by atoms with van der Waals surface area (Å²) in [6.45, 7) is 14.9. The van der Waals surface area contributed by atoms with Crippen molar-refractivity contribution in [3.8, 4) is 11.5 Å². The third-order valence-electron chi connectivity index (χ3n) is 10.2. The van der Waals surface area contributed by atoms with Crippen LogP contribution in [0.25, 0.3) is 5.76 Å². The van der Waals surface area contributed by atoms with Gasteiger partial charge in [-0.25, -0.2) is 0 Å². The van der Waals surface area contributed by atoms with Crippen LogP contribution >= 0.6 is 0 Å². The number of H-pyrrole nitrogens is 1. The fourth-order valence-electron chi connectivity index (χ4n) is 7.27. The average molecular weight is 645 g/mol. The van der Waals surface area contributed by atoms with Gasteiger partial charge in [-0.15, -0.1) is 0 Å². The van der Waals surface area contributed by atoms with E-state index in [9.17, 15) is 0 Å². The van der Waals surface area contributed by atoms with E-state index in [0.717, 1.165) is 99.3 Å². The van der Waals surface area contributed by atoms with Gasteiger partial charge in [0, 0.05) is 67.1 Å². The SMILES string of the molecule is C=C/C=C(/OC1(OCCCOC2(Oc3cc(CCC)cc4c3C3C=C(C)CCC3C(C)O4)CC2)CC1)c1c(CCN(C)C)c[nH]c1C. The lowest BCUT2D eigenvalue weighted by Gasteiger charge is -2.41. The van der Waals surface area contributed by atoms with Crippen LogP contribution in [0.15, 0.2) is 48.7 Å². The molecule has 6 rings (SSSR count). The van der Waals surface area contributed by atoms with Gasteiger partial charge in [0.15, 0.2) is 0 Å². The maximum absolute atomic E-state index is 6.84. The molecule has 47 heavy (non-hydrogen) atoms. The van der Waals surface area contributed by atoms with E-state index < -0.39 is 11.6 Å². The number of aromatic nitrogens is 1. The van der Waals surface area contributed by atoms with Crippen molar-refractivity contribution in [1.82, 2.24) is 9.88 Å². The van der Waals surface area contributed by atoms with Crippen LogP contribution in [0.1, 0.15) is 106 Å². The molecule has 7 heteroatoms. The molecule has 1 aromatic heterocycles. The third kappa shape index (κ3) is 7.84. The maximum Gasteiger partial charge on any atom is 0.211 e. The monoisotopic (exact) mass is 644 g/mol. The molecule has 2 saturated carbocycles. The van der Waals surface area contributed by atoms with E-state index in [1.54, 1.807) is 6.08 Å². The van der Waals surface area contributed by atoms with Gasteiger partial charge < -0.3 is 33.6 Å². The van der Waals surface area contributed by atoms with Crippen molar-refractivity contribution in [2.45, 2.75) is 115 Å². The first-order valence-corrected chi connectivity index (χ1v) is 18.0. The van der Waals surface area contributed by atoms with Gasteiger partial charge in [-0.1, -0.05) is 37.6 Å². The summed E-state index contributed by atoms with van der Waals surface area (Å²) in [5, 5.41) is 0. The van der Waals surface area contributed by atoms with Crippen molar-refractivity contribution in [2.24, 2.45) is 5.92 Å².